The Labute approximate surface area is 80.6 Å². The minimum Gasteiger partial charge on any atom is -0.288 e. The summed E-state index contributed by atoms with van der Waals surface area (Å²) in [5.74, 6) is 0.571. The van der Waals surface area contributed by atoms with Gasteiger partial charge in [0, 0.05) is 7.05 Å². The zero-order chi connectivity index (χ0) is 9.84. The van der Waals surface area contributed by atoms with Crippen LogP contribution >= 0.6 is 0 Å². The predicted octanol–water partition coefficient (Wildman–Crippen LogP) is 3.16. The van der Waals surface area contributed by atoms with Crippen molar-refractivity contribution < 1.29 is 0 Å². The Morgan fingerprint density at radius 2 is 2.38 bits per heavy atom. The van der Waals surface area contributed by atoms with Crippen molar-refractivity contribution in [3.63, 3.8) is 0 Å². The van der Waals surface area contributed by atoms with E-state index in [1.807, 2.05) is 13.1 Å². The van der Waals surface area contributed by atoms with Crippen molar-refractivity contribution in [2.75, 3.05) is 7.05 Å². The zero-order valence-corrected chi connectivity index (χ0v) is 8.67. The van der Waals surface area contributed by atoms with E-state index in [2.05, 4.69) is 37.6 Å². The van der Waals surface area contributed by atoms with Gasteiger partial charge >= 0.3 is 0 Å². The highest BCUT2D eigenvalue weighted by Crippen LogP contribution is 2.26. The summed E-state index contributed by atoms with van der Waals surface area (Å²) in [6, 6.07) is 0. The maximum atomic E-state index is 4.24. The Hall–Kier alpha value is -1.11. The van der Waals surface area contributed by atoms with Crippen LogP contribution in [0, 0.1) is 5.92 Å². The van der Waals surface area contributed by atoms with E-state index < -0.39 is 0 Å². The van der Waals surface area contributed by atoms with Gasteiger partial charge in [-0.15, -0.1) is 0 Å². The summed E-state index contributed by atoms with van der Waals surface area (Å²) in [4.78, 5) is 4.24. The van der Waals surface area contributed by atoms with Crippen molar-refractivity contribution in [3.8, 4) is 0 Å². The molecule has 1 unspecified atom stereocenters. The van der Waals surface area contributed by atoms with Gasteiger partial charge in [0.2, 0.25) is 0 Å². The van der Waals surface area contributed by atoms with Gasteiger partial charge in [0.05, 0.1) is 5.71 Å². The summed E-state index contributed by atoms with van der Waals surface area (Å²) < 4.78 is 0. The molecule has 1 atom stereocenters. The van der Waals surface area contributed by atoms with E-state index in [9.17, 15) is 0 Å². The normalized spacial score (nSPS) is 23.6. The highest BCUT2D eigenvalue weighted by Gasteiger charge is 2.16. The molecule has 1 heteroatoms. The third-order valence-corrected chi connectivity index (χ3v) is 2.49. The molecular formula is C12H17N. The van der Waals surface area contributed by atoms with Crippen LogP contribution in [-0.4, -0.2) is 12.8 Å². The first-order valence-electron chi connectivity index (χ1n) is 4.67. The van der Waals surface area contributed by atoms with Gasteiger partial charge in [0.15, 0.2) is 0 Å². The number of allylic oxidation sites excluding steroid dienone is 5. The van der Waals surface area contributed by atoms with E-state index >= 15 is 0 Å². The summed E-state index contributed by atoms with van der Waals surface area (Å²) in [6.07, 6.45) is 7.35. The lowest BCUT2D eigenvalue weighted by atomic mass is 9.86. The van der Waals surface area contributed by atoms with E-state index in [0.29, 0.717) is 5.92 Å². The molecule has 0 fully saturated rings. The van der Waals surface area contributed by atoms with Gasteiger partial charge in [-0.2, -0.15) is 0 Å². The summed E-state index contributed by atoms with van der Waals surface area (Å²) in [6.45, 7) is 8.16. The maximum Gasteiger partial charge on any atom is 0.0602 e. The Kier molecular flexibility index (Phi) is 3.24. The summed E-state index contributed by atoms with van der Waals surface area (Å²) in [7, 11) is 1.82. The minimum absolute atomic E-state index is 0.571. The fraction of sp³-hybridized carbons (Fsp3) is 0.417. The van der Waals surface area contributed by atoms with Crippen molar-refractivity contribution in [1.29, 1.82) is 0 Å². The van der Waals surface area contributed by atoms with Gasteiger partial charge in [-0.3, -0.25) is 4.99 Å². The van der Waals surface area contributed by atoms with Crippen LogP contribution in [0.5, 0.6) is 0 Å². The molecule has 1 rings (SSSR count). The quantitative estimate of drug-likeness (QED) is 0.572. The molecule has 0 amide bonds. The van der Waals surface area contributed by atoms with E-state index in [1.54, 1.807) is 0 Å². The first-order chi connectivity index (χ1) is 6.20. The molecule has 0 bridgehead atoms. The van der Waals surface area contributed by atoms with E-state index in [-0.39, 0.29) is 0 Å². The first kappa shape index (κ1) is 9.97. The zero-order valence-electron chi connectivity index (χ0n) is 8.67. The minimum atomic E-state index is 0.571. The average molecular weight is 175 g/mol. The molecule has 1 aliphatic carbocycles. The highest BCUT2D eigenvalue weighted by atomic mass is 14.7. The smallest absolute Gasteiger partial charge is 0.0602 e. The molecule has 0 spiro atoms. The predicted molar refractivity (Wildman–Crippen MR) is 59.2 cm³/mol. The average Bonchev–Trinajstić information content (AvgIpc) is 2.11. The molecule has 70 valence electrons. The maximum absolute atomic E-state index is 4.24. The lowest BCUT2D eigenvalue weighted by Gasteiger charge is -2.20. The van der Waals surface area contributed by atoms with Crippen LogP contribution in [0.2, 0.25) is 0 Å². The van der Waals surface area contributed by atoms with Crippen molar-refractivity contribution in [3.05, 3.63) is 36.0 Å². The second-order valence-corrected chi connectivity index (χ2v) is 3.45. The topological polar surface area (TPSA) is 12.4 Å². The fourth-order valence-electron chi connectivity index (χ4n) is 1.82. The molecule has 0 aromatic rings. The molecule has 0 saturated heterocycles. The molecule has 1 aliphatic rings. The lowest BCUT2D eigenvalue weighted by molar-refractivity contribution is 0.705. The molecule has 0 N–H and O–H groups in total. The SMILES string of the molecule is C=CC(=NC)C1=C(C)C=CCC1C. The third kappa shape index (κ3) is 1.97. The van der Waals surface area contributed by atoms with Gasteiger partial charge in [0.25, 0.3) is 0 Å². The summed E-state index contributed by atoms with van der Waals surface area (Å²) in [5, 5.41) is 0. The van der Waals surface area contributed by atoms with Crippen LogP contribution in [0.4, 0.5) is 0 Å². The first-order valence-corrected chi connectivity index (χ1v) is 4.67. The molecule has 1 nitrogen and oxygen atoms in total. The summed E-state index contributed by atoms with van der Waals surface area (Å²) >= 11 is 0. The van der Waals surface area contributed by atoms with Crippen molar-refractivity contribution in [1.82, 2.24) is 0 Å². The molecule has 0 aliphatic heterocycles. The van der Waals surface area contributed by atoms with E-state index in [0.717, 1.165) is 12.1 Å². The number of aliphatic imine (C=N–C) groups is 1. The standard InChI is InChI=1S/C12H17N/c1-5-11(13-4)12-9(2)7-6-8-10(12)3/h5-7,10H,1,8H2,2-4H3. The molecule has 0 radical (unpaired) electrons. The number of rotatable bonds is 2. The van der Waals surface area contributed by atoms with E-state index in [4.69, 9.17) is 0 Å². The van der Waals surface area contributed by atoms with Crippen molar-refractivity contribution >= 4 is 5.71 Å². The van der Waals surface area contributed by atoms with Crippen LogP contribution in [0.25, 0.3) is 0 Å². The highest BCUT2D eigenvalue weighted by molar-refractivity contribution is 6.09. The Balaban J connectivity index is 3.11. The van der Waals surface area contributed by atoms with Crippen LogP contribution in [0.15, 0.2) is 40.9 Å². The summed E-state index contributed by atoms with van der Waals surface area (Å²) in [5.41, 5.74) is 3.70. The molecule has 0 aromatic carbocycles. The number of hydrogen-bond donors (Lipinski definition) is 0. The monoisotopic (exact) mass is 175 g/mol. The van der Waals surface area contributed by atoms with Gasteiger partial charge in [-0.25, -0.2) is 0 Å². The lowest BCUT2D eigenvalue weighted by Crippen LogP contribution is -2.12. The van der Waals surface area contributed by atoms with E-state index in [1.165, 1.54) is 11.1 Å². The van der Waals surface area contributed by atoms with Crippen LogP contribution in [0.3, 0.4) is 0 Å². The van der Waals surface area contributed by atoms with Crippen LogP contribution in [0.1, 0.15) is 20.3 Å². The molecule has 13 heavy (non-hydrogen) atoms. The fourth-order valence-corrected chi connectivity index (χ4v) is 1.82. The number of nitrogens with zero attached hydrogens (tertiary/aromatic N) is 1. The van der Waals surface area contributed by atoms with Crippen LogP contribution in [-0.2, 0) is 0 Å². The Bertz CT molecular complexity index is 292. The van der Waals surface area contributed by atoms with Crippen LogP contribution < -0.4 is 0 Å². The molecule has 0 heterocycles. The van der Waals surface area contributed by atoms with Gasteiger partial charge in [-0.1, -0.05) is 25.7 Å². The van der Waals surface area contributed by atoms with Gasteiger partial charge in [-0.05, 0) is 36.5 Å². The largest absolute Gasteiger partial charge is 0.288 e. The molecular weight excluding hydrogens is 158 g/mol. The van der Waals surface area contributed by atoms with Gasteiger partial charge in [0.1, 0.15) is 0 Å². The van der Waals surface area contributed by atoms with Crippen molar-refractivity contribution in [2.45, 2.75) is 20.3 Å². The van der Waals surface area contributed by atoms with Crippen molar-refractivity contribution in [2.24, 2.45) is 10.9 Å². The second-order valence-electron chi connectivity index (χ2n) is 3.45. The van der Waals surface area contributed by atoms with Gasteiger partial charge < -0.3 is 0 Å². The third-order valence-electron chi connectivity index (χ3n) is 2.49. The molecule has 0 aromatic heterocycles. The Morgan fingerprint density at radius 3 is 2.85 bits per heavy atom. The second kappa shape index (κ2) is 4.22. The number of hydrogen-bond acceptors (Lipinski definition) is 1. The molecule has 0 saturated carbocycles. The Morgan fingerprint density at radius 1 is 1.69 bits per heavy atom.